The molecule has 0 N–H and O–H groups in total. The molecule has 0 spiro atoms. The number of hydrogen-bond acceptors (Lipinski definition) is 1. The third kappa shape index (κ3) is 7.89. The molecular formula is C8H21FO. The average molecular weight is 152 g/mol. The fourth-order valence-electron chi connectivity index (χ4n) is 0.403. The predicted octanol–water partition coefficient (Wildman–Crippen LogP) is 3.39. The Morgan fingerprint density at radius 2 is 1.70 bits per heavy atom. The van der Waals surface area contributed by atoms with E-state index < -0.39 is 5.85 Å². The van der Waals surface area contributed by atoms with Gasteiger partial charge in [-0.15, -0.1) is 0 Å². The monoisotopic (exact) mass is 152 g/mol. The van der Waals surface area contributed by atoms with E-state index in [1.165, 1.54) is 6.92 Å². The summed E-state index contributed by atoms with van der Waals surface area (Å²) in [6, 6.07) is 0. The zero-order valence-electron chi connectivity index (χ0n) is 5.70. The van der Waals surface area contributed by atoms with Crippen LogP contribution in [0.4, 0.5) is 4.39 Å². The highest BCUT2D eigenvalue weighted by Gasteiger charge is 2.18. The van der Waals surface area contributed by atoms with Gasteiger partial charge in [0, 0.05) is 13.0 Å². The first-order chi connectivity index (χ1) is 3.62. The molecule has 1 unspecified atom stereocenters. The molecule has 0 radical (unpaired) electrons. The number of halogens is 1. The number of ether oxygens (including phenoxy) is 1. The van der Waals surface area contributed by atoms with Gasteiger partial charge in [0.15, 0.2) is 0 Å². The second kappa shape index (κ2) is 7.00. The lowest BCUT2D eigenvalue weighted by atomic mass is 10.3. The van der Waals surface area contributed by atoms with E-state index in [2.05, 4.69) is 0 Å². The highest BCUT2D eigenvalue weighted by atomic mass is 19.2. The first-order valence-electron chi connectivity index (χ1n) is 2.95. The molecule has 1 nitrogen and oxygen atoms in total. The molecule has 0 aromatic carbocycles. The molecule has 0 aliphatic carbocycles. The summed E-state index contributed by atoms with van der Waals surface area (Å²) >= 11 is 0. The third-order valence-electron chi connectivity index (χ3n) is 1.08. The Balaban J connectivity index is -0.000000245. The van der Waals surface area contributed by atoms with Crippen LogP contribution in [0.25, 0.3) is 0 Å². The first-order valence-corrected chi connectivity index (χ1v) is 2.95. The second-order valence-electron chi connectivity index (χ2n) is 1.89. The summed E-state index contributed by atoms with van der Waals surface area (Å²) in [4.78, 5) is 0. The van der Waals surface area contributed by atoms with Crippen molar-refractivity contribution >= 4 is 0 Å². The molecule has 0 bridgehead atoms. The van der Waals surface area contributed by atoms with Crippen LogP contribution in [0.2, 0.25) is 0 Å². The van der Waals surface area contributed by atoms with Crippen molar-refractivity contribution in [3.63, 3.8) is 0 Å². The van der Waals surface area contributed by atoms with Gasteiger partial charge in [-0.2, -0.15) is 0 Å². The van der Waals surface area contributed by atoms with E-state index in [0.717, 1.165) is 0 Å². The van der Waals surface area contributed by atoms with Crippen molar-refractivity contribution in [1.29, 1.82) is 0 Å². The fourth-order valence-corrected chi connectivity index (χ4v) is 0.403. The molecule has 0 aromatic rings. The molecule has 0 aliphatic heterocycles. The molecule has 0 heterocycles. The Morgan fingerprint density at radius 1 is 1.30 bits per heavy atom. The molecule has 0 saturated carbocycles. The maximum atomic E-state index is 12.6. The molecule has 2 heteroatoms. The summed E-state index contributed by atoms with van der Waals surface area (Å²) in [6.07, 6.45) is 0.418. The lowest BCUT2D eigenvalue weighted by Gasteiger charge is -2.16. The highest BCUT2D eigenvalue weighted by Crippen LogP contribution is 2.15. The van der Waals surface area contributed by atoms with Crippen LogP contribution in [-0.2, 0) is 4.74 Å². The van der Waals surface area contributed by atoms with Gasteiger partial charge in [-0.1, -0.05) is 21.8 Å². The Kier molecular flexibility index (Phi) is 11.5. The number of rotatable bonds is 3. The van der Waals surface area contributed by atoms with Crippen molar-refractivity contribution in [2.45, 2.75) is 47.9 Å². The van der Waals surface area contributed by atoms with E-state index in [-0.39, 0.29) is 14.9 Å². The van der Waals surface area contributed by atoms with Crippen LogP contribution < -0.4 is 0 Å². The smallest absolute Gasteiger partial charge is 0.206 e. The highest BCUT2D eigenvalue weighted by molar-refractivity contribution is 4.54. The van der Waals surface area contributed by atoms with Crippen LogP contribution in [0.5, 0.6) is 0 Å². The van der Waals surface area contributed by atoms with Crippen molar-refractivity contribution in [2.75, 3.05) is 6.61 Å². The van der Waals surface area contributed by atoms with Gasteiger partial charge in [0.25, 0.3) is 0 Å². The van der Waals surface area contributed by atoms with Gasteiger partial charge >= 0.3 is 0 Å². The fraction of sp³-hybridized carbons (Fsp3) is 1.00. The van der Waals surface area contributed by atoms with Crippen LogP contribution in [0.3, 0.4) is 0 Å². The van der Waals surface area contributed by atoms with E-state index in [1.807, 2.05) is 0 Å². The standard InChI is InChI=1S/C6H13FO.2CH4/c1-4-6(3,7)8-5-2;;/h4-5H2,1-3H3;2*1H4. The number of alkyl halides is 1. The zero-order valence-corrected chi connectivity index (χ0v) is 5.70. The largest absolute Gasteiger partial charge is 0.346 e. The maximum absolute atomic E-state index is 12.6. The van der Waals surface area contributed by atoms with E-state index >= 15 is 0 Å². The Bertz CT molecular complexity index is 62.3. The molecule has 0 rings (SSSR count). The van der Waals surface area contributed by atoms with E-state index in [4.69, 9.17) is 4.74 Å². The van der Waals surface area contributed by atoms with Gasteiger partial charge in [0.2, 0.25) is 5.85 Å². The van der Waals surface area contributed by atoms with Gasteiger partial charge in [-0.05, 0) is 13.8 Å². The quantitative estimate of drug-likeness (QED) is 0.602. The van der Waals surface area contributed by atoms with Gasteiger partial charge in [0.05, 0.1) is 0 Å². The SMILES string of the molecule is C.C.CCOC(C)(F)CC. The zero-order chi connectivity index (χ0) is 6.62. The summed E-state index contributed by atoms with van der Waals surface area (Å²) in [7, 11) is 0. The van der Waals surface area contributed by atoms with Crippen LogP contribution in [-0.4, -0.2) is 12.5 Å². The van der Waals surface area contributed by atoms with Gasteiger partial charge in [-0.25, -0.2) is 4.39 Å². The van der Waals surface area contributed by atoms with Gasteiger partial charge < -0.3 is 4.74 Å². The topological polar surface area (TPSA) is 9.23 Å². The second-order valence-corrected chi connectivity index (χ2v) is 1.89. The van der Waals surface area contributed by atoms with Crippen molar-refractivity contribution in [3.05, 3.63) is 0 Å². The molecule has 10 heavy (non-hydrogen) atoms. The van der Waals surface area contributed by atoms with Gasteiger partial charge in [-0.3, -0.25) is 0 Å². The average Bonchev–Trinajstić information content (AvgIpc) is 1.67. The summed E-state index contributed by atoms with van der Waals surface area (Å²) in [5.74, 6) is -1.41. The molecule has 66 valence electrons. The van der Waals surface area contributed by atoms with E-state index in [1.54, 1.807) is 13.8 Å². The van der Waals surface area contributed by atoms with Gasteiger partial charge in [0.1, 0.15) is 0 Å². The minimum Gasteiger partial charge on any atom is -0.346 e. The molecule has 0 aliphatic rings. The Hall–Kier alpha value is -0.110. The Morgan fingerprint density at radius 3 is 1.80 bits per heavy atom. The summed E-state index contributed by atoms with van der Waals surface area (Å²) in [5, 5.41) is 0. The lowest BCUT2D eigenvalue weighted by molar-refractivity contribution is -0.128. The van der Waals surface area contributed by atoms with Crippen LogP contribution in [0, 0.1) is 0 Å². The lowest BCUT2D eigenvalue weighted by Crippen LogP contribution is -2.20. The molecule has 0 fully saturated rings. The number of hydrogen-bond donors (Lipinski definition) is 0. The summed E-state index contributed by atoms with van der Waals surface area (Å²) in [6.45, 7) is 5.43. The van der Waals surface area contributed by atoms with E-state index in [0.29, 0.717) is 13.0 Å². The molecule has 0 amide bonds. The van der Waals surface area contributed by atoms with Crippen molar-refractivity contribution in [1.82, 2.24) is 0 Å². The van der Waals surface area contributed by atoms with Crippen LogP contribution in [0.15, 0.2) is 0 Å². The normalized spacial score (nSPS) is 14.4. The van der Waals surface area contributed by atoms with Crippen molar-refractivity contribution in [2.24, 2.45) is 0 Å². The minimum absolute atomic E-state index is 0. The van der Waals surface area contributed by atoms with Crippen LogP contribution >= 0.6 is 0 Å². The van der Waals surface area contributed by atoms with Crippen LogP contribution in [0.1, 0.15) is 42.0 Å². The summed E-state index contributed by atoms with van der Waals surface area (Å²) < 4.78 is 17.3. The predicted molar refractivity (Wildman–Crippen MR) is 44.9 cm³/mol. The first kappa shape index (κ1) is 16.5. The van der Waals surface area contributed by atoms with Crippen molar-refractivity contribution in [3.8, 4) is 0 Å². The molecule has 0 aromatic heterocycles. The molecular weight excluding hydrogens is 131 g/mol. The summed E-state index contributed by atoms with van der Waals surface area (Å²) in [5.41, 5.74) is 0. The van der Waals surface area contributed by atoms with Crippen molar-refractivity contribution < 1.29 is 9.13 Å². The molecule has 0 saturated heterocycles. The maximum Gasteiger partial charge on any atom is 0.206 e. The minimum atomic E-state index is -1.41. The third-order valence-corrected chi connectivity index (χ3v) is 1.08. The Labute approximate surface area is 64.6 Å². The molecule has 1 atom stereocenters. The van der Waals surface area contributed by atoms with E-state index in [9.17, 15) is 4.39 Å².